The number of anilines is 1. The van der Waals surface area contributed by atoms with Gasteiger partial charge < -0.3 is 10.1 Å². The van der Waals surface area contributed by atoms with Gasteiger partial charge in [-0.05, 0) is 64.0 Å². The number of hydrogen-bond acceptors (Lipinski definition) is 8. The van der Waals surface area contributed by atoms with Crippen LogP contribution in [0.25, 0.3) is 11.4 Å². The van der Waals surface area contributed by atoms with E-state index in [1.807, 2.05) is 18.3 Å². The number of rotatable bonds is 9. The molecule has 0 aromatic carbocycles. The molecule has 35 heavy (non-hydrogen) atoms. The van der Waals surface area contributed by atoms with E-state index >= 15 is 0 Å². The first kappa shape index (κ1) is 25.9. The largest absolute Gasteiger partial charge is 0.462 e. The minimum Gasteiger partial charge on any atom is -0.462 e. The van der Waals surface area contributed by atoms with E-state index in [4.69, 9.17) is 4.74 Å². The molecule has 0 aliphatic heterocycles. The first-order valence-electron chi connectivity index (χ1n) is 12.1. The van der Waals surface area contributed by atoms with Gasteiger partial charge in [0.1, 0.15) is 5.00 Å². The van der Waals surface area contributed by atoms with E-state index in [2.05, 4.69) is 46.2 Å². The van der Waals surface area contributed by atoms with Gasteiger partial charge in [-0.15, -0.1) is 32.9 Å². The molecule has 3 aromatic heterocycles. The lowest BCUT2D eigenvalue weighted by atomic mass is 9.88. The maximum absolute atomic E-state index is 12.8. The van der Waals surface area contributed by atoms with E-state index in [0.29, 0.717) is 17.2 Å². The Labute approximate surface area is 218 Å². The van der Waals surface area contributed by atoms with Crippen LogP contribution in [0.1, 0.15) is 72.8 Å². The highest BCUT2D eigenvalue weighted by atomic mass is 32.2. The molecule has 1 aliphatic rings. The molecule has 0 radical (unpaired) electrons. The van der Waals surface area contributed by atoms with Crippen LogP contribution in [0, 0.1) is 5.92 Å². The normalized spacial score (nSPS) is 15.3. The van der Waals surface area contributed by atoms with Crippen LogP contribution in [0.15, 0.2) is 16.6 Å². The van der Waals surface area contributed by atoms with Crippen molar-refractivity contribution < 1.29 is 14.3 Å². The summed E-state index contributed by atoms with van der Waals surface area (Å²) in [6, 6.07) is 1.96. The molecule has 0 saturated heterocycles. The summed E-state index contributed by atoms with van der Waals surface area (Å²) >= 11 is 4.60. The third-order valence-corrected chi connectivity index (χ3v) is 9.22. The summed E-state index contributed by atoms with van der Waals surface area (Å²) in [6.07, 6.45) is 4.19. The highest BCUT2D eigenvalue weighted by Gasteiger charge is 2.26. The zero-order valence-corrected chi connectivity index (χ0v) is 23.3. The average molecular weight is 533 g/mol. The van der Waals surface area contributed by atoms with Gasteiger partial charge in [-0.25, -0.2) is 4.79 Å². The number of amides is 1. The number of carbonyl (C=O) groups excluding carboxylic acids is 2. The number of ether oxygens (including phenoxy) is 1. The monoisotopic (exact) mass is 532 g/mol. The SMILES string of the molecule is CCOC(=O)c1cc(CC)sc1NC(=O)CSc1nnc(-c2csc3c2CCC(C)C3)n1C(C)C. The highest BCUT2D eigenvalue weighted by molar-refractivity contribution is 7.99. The fourth-order valence-corrected chi connectivity index (χ4v) is 7.36. The molecule has 10 heteroatoms. The number of nitrogens with one attached hydrogen (secondary N) is 1. The van der Waals surface area contributed by atoms with E-state index in [9.17, 15) is 9.59 Å². The Morgan fingerprint density at radius 1 is 1.31 bits per heavy atom. The second-order valence-electron chi connectivity index (χ2n) is 9.04. The van der Waals surface area contributed by atoms with Crippen molar-refractivity contribution in [2.45, 2.75) is 71.5 Å². The van der Waals surface area contributed by atoms with Gasteiger partial charge in [0.05, 0.1) is 17.9 Å². The Morgan fingerprint density at radius 2 is 2.11 bits per heavy atom. The highest BCUT2D eigenvalue weighted by Crippen LogP contribution is 2.39. The first-order valence-corrected chi connectivity index (χ1v) is 14.8. The summed E-state index contributed by atoms with van der Waals surface area (Å²) in [5.74, 6) is 1.18. The molecule has 3 aromatic rings. The van der Waals surface area contributed by atoms with Gasteiger partial charge in [-0.3, -0.25) is 9.36 Å². The Hall–Kier alpha value is -2.17. The summed E-state index contributed by atoms with van der Waals surface area (Å²) in [5.41, 5.74) is 3.00. The van der Waals surface area contributed by atoms with Gasteiger partial charge in [0.15, 0.2) is 11.0 Å². The molecular weight excluding hydrogens is 501 g/mol. The van der Waals surface area contributed by atoms with Crippen molar-refractivity contribution in [3.05, 3.63) is 32.3 Å². The van der Waals surface area contributed by atoms with Gasteiger partial charge in [0.25, 0.3) is 0 Å². The summed E-state index contributed by atoms with van der Waals surface area (Å²) in [4.78, 5) is 27.6. The molecule has 1 N–H and O–H groups in total. The number of carbonyl (C=O) groups is 2. The predicted molar refractivity (Wildman–Crippen MR) is 144 cm³/mol. The fraction of sp³-hybridized carbons (Fsp3) is 0.520. The van der Waals surface area contributed by atoms with E-state index in [1.165, 1.54) is 45.5 Å². The van der Waals surface area contributed by atoms with E-state index in [0.717, 1.165) is 41.0 Å². The van der Waals surface area contributed by atoms with Crippen LogP contribution in [0.2, 0.25) is 0 Å². The van der Waals surface area contributed by atoms with Crippen LogP contribution >= 0.6 is 34.4 Å². The molecule has 4 rings (SSSR count). The number of thiophene rings is 2. The molecule has 188 valence electrons. The maximum atomic E-state index is 12.8. The Kier molecular flexibility index (Phi) is 8.34. The van der Waals surface area contributed by atoms with Crippen molar-refractivity contribution in [1.29, 1.82) is 0 Å². The number of thioether (sulfide) groups is 1. The van der Waals surface area contributed by atoms with E-state index < -0.39 is 5.97 Å². The van der Waals surface area contributed by atoms with E-state index in [1.54, 1.807) is 13.0 Å². The van der Waals surface area contributed by atoms with Crippen molar-refractivity contribution in [3.63, 3.8) is 0 Å². The molecule has 7 nitrogen and oxygen atoms in total. The average Bonchev–Trinajstić information content (AvgIpc) is 3.53. The minimum atomic E-state index is -0.413. The van der Waals surface area contributed by atoms with Crippen molar-refractivity contribution in [2.24, 2.45) is 5.92 Å². The van der Waals surface area contributed by atoms with Crippen LogP contribution in [0.5, 0.6) is 0 Å². The van der Waals surface area contributed by atoms with Crippen molar-refractivity contribution in [2.75, 3.05) is 17.7 Å². The van der Waals surface area contributed by atoms with Gasteiger partial charge in [0.2, 0.25) is 5.91 Å². The van der Waals surface area contributed by atoms with Crippen molar-refractivity contribution in [1.82, 2.24) is 14.8 Å². The zero-order chi connectivity index (χ0) is 25.1. The number of fused-ring (bicyclic) bond motifs is 1. The second kappa shape index (κ2) is 11.3. The molecule has 3 heterocycles. The predicted octanol–water partition coefficient (Wildman–Crippen LogP) is 6.24. The van der Waals surface area contributed by atoms with Crippen molar-refractivity contribution >= 4 is 51.3 Å². The molecule has 0 saturated carbocycles. The van der Waals surface area contributed by atoms with E-state index in [-0.39, 0.29) is 17.7 Å². The maximum Gasteiger partial charge on any atom is 0.341 e. The second-order valence-corrected chi connectivity index (χ2v) is 12.1. The summed E-state index contributed by atoms with van der Waals surface area (Å²) < 4.78 is 7.28. The summed E-state index contributed by atoms with van der Waals surface area (Å²) in [5, 5.41) is 15.4. The quantitative estimate of drug-likeness (QED) is 0.259. The van der Waals surface area contributed by atoms with Crippen LogP contribution in [-0.2, 0) is 28.8 Å². The van der Waals surface area contributed by atoms with Gasteiger partial charge in [-0.2, -0.15) is 0 Å². The van der Waals surface area contributed by atoms with Crippen LogP contribution in [-0.4, -0.2) is 39.0 Å². The number of aryl methyl sites for hydroxylation is 1. The third kappa shape index (κ3) is 5.65. The molecule has 0 spiro atoms. The van der Waals surface area contributed by atoms with Gasteiger partial charge in [0, 0.05) is 26.7 Å². The summed E-state index contributed by atoms with van der Waals surface area (Å²) in [7, 11) is 0. The van der Waals surface area contributed by atoms with Crippen LogP contribution in [0.4, 0.5) is 5.00 Å². The summed E-state index contributed by atoms with van der Waals surface area (Å²) in [6.45, 7) is 10.6. The third-order valence-electron chi connectivity index (χ3n) is 6.04. The molecule has 1 unspecified atom stereocenters. The number of aromatic nitrogens is 3. The van der Waals surface area contributed by atoms with Crippen molar-refractivity contribution in [3.8, 4) is 11.4 Å². The molecule has 1 atom stereocenters. The number of esters is 1. The Balaban J connectivity index is 1.50. The fourth-order valence-electron chi connectivity index (χ4n) is 4.25. The molecule has 0 bridgehead atoms. The topological polar surface area (TPSA) is 86.1 Å². The molecular formula is C25H32N4O3S3. The minimum absolute atomic E-state index is 0.156. The Morgan fingerprint density at radius 3 is 2.83 bits per heavy atom. The molecule has 1 aliphatic carbocycles. The Bertz CT molecular complexity index is 1210. The lowest BCUT2D eigenvalue weighted by Gasteiger charge is -2.19. The zero-order valence-electron chi connectivity index (χ0n) is 20.8. The smallest absolute Gasteiger partial charge is 0.341 e. The lowest BCUT2D eigenvalue weighted by Crippen LogP contribution is -2.16. The molecule has 1 amide bonds. The van der Waals surface area contributed by atoms with Crippen LogP contribution < -0.4 is 5.32 Å². The number of hydrogen-bond donors (Lipinski definition) is 1. The van der Waals surface area contributed by atoms with Gasteiger partial charge in [-0.1, -0.05) is 25.6 Å². The lowest BCUT2D eigenvalue weighted by molar-refractivity contribution is -0.113. The van der Waals surface area contributed by atoms with Gasteiger partial charge >= 0.3 is 5.97 Å². The number of nitrogens with zero attached hydrogens (tertiary/aromatic N) is 3. The first-order chi connectivity index (χ1) is 16.8. The molecule has 0 fully saturated rings. The standard InChI is InChI=1S/C25H32N4O3S3/c1-6-16-11-18(24(31)32-7-2)23(35-16)26-21(30)13-34-25-28-27-22(29(25)14(3)4)19-12-33-20-10-15(5)8-9-17(19)20/h11-12,14-15H,6-10,13H2,1-5H3,(H,26,30). The van der Waals surface area contributed by atoms with Crippen LogP contribution in [0.3, 0.4) is 0 Å².